The van der Waals surface area contributed by atoms with E-state index in [1.165, 1.54) is 0 Å². The first-order valence-corrected chi connectivity index (χ1v) is 8.80. The molecule has 0 saturated carbocycles. The summed E-state index contributed by atoms with van der Waals surface area (Å²) in [5.41, 5.74) is 1.15. The van der Waals surface area contributed by atoms with Crippen LogP contribution in [-0.2, 0) is 11.3 Å². The summed E-state index contributed by atoms with van der Waals surface area (Å²) in [4.78, 5) is 26.8. The number of amides is 1. The normalized spacial score (nSPS) is 17.2. The van der Waals surface area contributed by atoms with E-state index in [4.69, 9.17) is 0 Å². The fourth-order valence-electron chi connectivity index (χ4n) is 2.46. The molecule has 22 heavy (non-hydrogen) atoms. The molecule has 0 unspecified atom stereocenters. The molecular formula is C15H25N5OS. The summed E-state index contributed by atoms with van der Waals surface area (Å²) in [6, 6.07) is 0. The molecule has 6 nitrogen and oxygen atoms in total. The molecule has 0 aromatic carbocycles. The highest BCUT2D eigenvalue weighted by Gasteiger charge is 2.18. The Morgan fingerprint density at radius 1 is 1.18 bits per heavy atom. The van der Waals surface area contributed by atoms with Crippen LogP contribution in [0, 0.1) is 0 Å². The van der Waals surface area contributed by atoms with E-state index in [1.54, 1.807) is 16.7 Å². The molecule has 1 aromatic rings. The first-order chi connectivity index (χ1) is 10.6. The van der Waals surface area contributed by atoms with Crippen molar-refractivity contribution in [3.8, 4) is 0 Å². The lowest BCUT2D eigenvalue weighted by Gasteiger charge is -2.22. The van der Waals surface area contributed by atoms with Crippen molar-refractivity contribution in [3.63, 3.8) is 0 Å². The van der Waals surface area contributed by atoms with E-state index in [1.807, 2.05) is 32.7 Å². The van der Waals surface area contributed by atoms with E-state index in [-0.39, 0.29) is 5.91 Å². The molecule has 7 heteroatoms. The van der Waals surface area contributed by atoms with Crippen molar-refractivity contribution in [3.05, 3.63) is 18.0 Å². The fraction of sp³-hybridized carbons (Fsp3) is 0.667. The lowest BCUT2D eigenvalue weighted by Crippen LogP contribution is -2.38. The zero-order chi connectivity index (χ0) is 15.9. The van der Waals surface area contributed by atoms with Gasteiger partial charge in [-0.1, -0.05) is 11.8 Å². The Labute approximate surface area is 136 Å². The summed E-state index contributed by atoms with van der Waals surface area (Å²) in [5.74, 6) is 0.175. The molecule has 1 fully saturated rings. The van der Waals surface area contributed by atoms with E-state index in [0.29, 0.717) is 6.54 Å². The largest absolute Gasteiger partial charge is 0.348 e. The van der Waals surface area contributed by atoms with Crippen molar-refractivity contribution in [1.82, 2.24) is 24.7 Å². The molecule has 1 aliphatic heterocycles. The zero-order valence-corrected chi connectivity index (χ0v) is 14.5. The van der Waals surface area contributed by atoms with Gasteiger partial charge in [0.1, 0.15) is 0 Å². The van der Waals surface area contributed by atoms with Crippen LogP contribution in [0.1, 0.15) is 12.0 Å². The van der Waals surface area contributed by atoms with Gasteiger partial charge in [-0.3, -0.25) is 14.6 Å². The molecule has 0 atom stereocenters. The molecule has 0 N–H and O–H groups in total. The maximum atomic E-state index is 11.8. The molecule has 1 saturated heterocycles. The minimum absolute atomic E-state index is 0.175. The van der Waals surface area contributed by atoms with Crippen LogP contribution >= 0.6 is 11.8 Å². The van der Waals surface area contributed by atoms with E-state index in [9.17, 15) is 4.79 Å². The van der Waals surface area contributed by atoms with Gasteiger partial charge in [0.2, 0.25) is 5.91 Å². The van der Waals surface area contributed by atoms with Crippen molar-refractivity contribution in [2.75, 3.05) is 53.1 Å². The highest BCUT2D eigenvalue weighted by molar-refractivity contribution is 7.98. The van der Waals surface area contributed by atoms with Gasteiger partial charge in [-0.25, -0.2) is 9.97 Å². The summed E-state index contributed by atoms with van der Waals surface area (Å²) in [6.07, 6.45) is 6.89. The third kappa shape index (κ3) is 5.23. The monoisotopic (exact) mass is 323 g/mol. The third-order valence-corrected chi connectivity index (χ3v) is 4.39. The highest BCUT2D eigenvalue weighted by Crippen LogP contribution is 2.11. The van der Waals surface area contributed by atoms with Crippen LogP contribution in [0.3, 0.4) is 0 Å². The SMILES string of the molecule is CSc1ncc(CN2CCCN(CC(=O)N(C)C)CC2)cn1. The van der Waals surface area contributed by atoms with E-state index in [0.717, 1.165) is 49.9 Å². The summed E-state index contributed by atoms with van der Waals surface area (Å²) in [6.45, 7) is 5.35. The zero-order valence-electron chi connectivity index (χ0n) is 13.7. The van der Waals surface area contributed by atoms with Gasteiger partial charge in [0.25, 0.3) is 0 Å². The van der Waals surface area contributed by atoms with Crippen LogP contribution in [0.5, 0.6) is 0 Å². The maximum Gasteiger partial charge on any atom is 0.236 e. The van der Waals surface area contributed by atoms with Crippen molar-refractivity contribution in [2.45, 2.75) is 18.1 Å². The number of hydrogen-bond donors (Lipinski definition) is 0. The first-order valence-electron chi connectivity index (χ1n) is 7.58. The minimum Gasteiger partial charge on any atom is -0.348 e. The van der Waals surface area contributed by atoms with Gasteiger partial charge in [-0.15, -0.1) is 0 Å². The van der Waals surface area contributed by atoms with Gasteiger partial charge in [-0.2, -0.15) is 0 Å². The molecule has 122 valence electrons. The molecule has 0 bridgehead atoms. The van der Waals surface area contributed by atoms with Gasteiger partial charge in [0.15, 0.2) is 5.16 Å². The summed E-state index contributed by atoms with van der Waals surface area (Å²) >= 11 is 1.56. The van der Waals surface area contributed by atoms with Crippen LogP contribution < -0.4 is 0 Å². The minimum atomic E-state index is 0.175. The molecule has 0 aliphatic carbocycles. The van der Waals surface area contributed by atoms with Gasteiger partial charge in [0.05, 0.1) is 6.54 Å². The topological polar surface area (TPSA) is 52.6 Å². The van der Waals surface area contributed by atoms with E-state index < -0.39 is 0 Å². The number of nitrogens with zero attached hydrogens (tertiary/aromatic N) is 5. The molecule has 1 aliphatic rings. The highest BCUT2D eigenvalue weighted by atomic mass is 32.2. The van der Waals surface area contributed by atoms with E-state index >= 15 is 0 Å². The Bertz CT molecular complexity index is 479. The number of aromatic nitrogens is 2. The Hall–Kier alpha value is -1.18. The van der Waals surface area contributed by atoms with Crippen LogP contribution in [0.25, 0.3) is 0 Å². The Balaban J connectivity index is 1.83. The number of hydrogen-bond acceptors (Lipinski definition) is 6. The van der Waals surface area contributed by atoms with Gasteiger partial charge < -0.3 is 4.90 Å². The molecule has 0 spiro atoms. The average molecular weight is 323 g/mol. The second-order valence-electron chi connectivity index (χ2n) is 5.77. The lowest BCUT2D eigenvalue weighted by molar-refractivity contribution is -0.129. The maximum absolute atomic E-state index is 11.8. The standard InChI is InChI=1S/C15H25N5OS/c1-18(2)14(21)12-20-6-4-5-19(7-8-20)11-13-9-16-15(22-3)17-10-13/h9-10H,4-8,11-12H2,1-3H3. The fourth-order valence-corrected chi connectivity index (χ4v) is 2.78. The summed E-state index contributed by atoms with van der Waals surface area (Å²) < 4.78 is 0. The molecule has 1 amide bonds. The molecular weight excluding hydrogens is 298 g/mol. The van der Waals surface area contributed by atoms with Crippen LogP contribution in [0.2, 0.25) is 0 Å². The third-order valence-electron chi connectivity index (χ3n) is 3.81. The summed E-state index contributed by atoms with van der Waals surface area (Å²) in [7, 11) is 3.62. The molecule has 2 heterocycles. The Morgan fingerprint density at radius 3 is 2.45 bits per heavy atom. The Morgan fingerprint density at radius 2 is 1.82 bits per heavy atom. The molecule has 1 aromatic heterocycles. The average Bonchev–Trinajstić information content (AvgIpc) is 2.73. The second-order valence-corrected chi connectivity index (χ2v) is 6.55. The van der Waals surface area contributed by atoms with Crippen molar-refractivity contribution >= 4 is 17.7 Å². The second kappa shape index (κ2) is 8.45. The van der Waals surface area contributed by atoms with Crippen molar-refractivity contribution < 1.29 is 4.79 Å². The first kappa shape index (κ1) is 17.2. The van der Waals surface area contributed by atoms with Crippen molar-refractivity contribution in [2.24, 2.45) is 0 Å². The number of rotatable bonds is 5. The number of carbonyl (C=O) groups is 1. The quantitative estimate of drug-likeness (QED) is 0.590. The Kier molecular flexibility index (Phi) is 6.60. The summed E-state index contributed by atoms with van der Waals surface area (Å²) in [5, 5.41) is 0.813. The molecule has 2 rings (SSSR count). The predicted octanol–water partition coefficient (Wildman–Crippen LogP) is 0.794. The number of likely N-dealkylation sites (N-methyl/N-ethyl adjacent to an activating group) is 1. The lowest BCUT2D eigenvalue weighted by atomic mass is 10.3. The predicted molar refractivity (Wildman–Crippen MR) is 88.8 cm³/mol. The van der Waals surface area contributed by atoms with Crippen LogP contribution in [0.15, 0.2) is 17.6 Å². The van der Waals surface area contributed by atoms with Crippen LogP contribution in [0.4, 0.5) is 0 Å². The van der Waals surface area contributed by atoms with Crippen molar-refractivity contribution in [1.29, 1.82) is 0 Å². The molecule has 0 radical (unpaired) electrons. The number of carbonyl (C=O) groups excluding carboxylic acids is 1. The van der Waals surface area contributed by atoms with Gasteiger partial charge in [-0.05, 0) is 25.8 Å². The van der Waals surface area contributed by atoms with Crippen LogP contribution in [-0.4, -0.2) is 83.6 Å². The number of thioether (sulfide) groups is 1. The smallest absolute Gasteiger partial charge is 0.236 e. The van der Waals surface area contributed by atoms with E-state index in [2.05, 4.69) is 19.8 Å². The van der Waals surface area contributed by atoms with Gasteiger partial charge in [0, 0.05) is 51.7 Å². The van der Waals surface area contributed by atoms with Gasteiger partial charge >= 0.3 is 0 Å².